The molecule has 10 rings (SSSR count). The molecule has 9 heterocycles. The highest BCUT2D eigenvalue weighted by molar-refractivity contribution is 6.03. The second-order valence-electron chi connectivity index (χ2n) is 18.1. The zero-order valence-corrected chi connectivity index (χ0v) is 35.9. The number of nitrogens with one attached hydrogen (secondary N) is 3. The first-order valence-corrected chi connectivity index (χ1v) is 22.4. The lowest BCUT2D eigenvalue weighted by Gasteiger charge is -2.42. The molecule has 1 aromatic carbocycles. The predicted molar refractivity (Wildman–Crippen MR) is 240 cm³/mol. The molecule has 4 fully saturated rings. The number of nitrogens with zero attached hydrogens (tertiary/aromatic N) is 10. The Bertz CT molecular complexity index is 2660. The molecule has 0 radical (unpaired) electrons. The second kappa shape index (κ2) is 16.9. The SMILES string of the molecule is C[C@@]1(O)CC/C=C\Cn2c(=O)c3cnc(Nc4ccc(N5CCC(N6CCC7(CCN(c8ccc(C(=O)NC9CCC(=O)NC9=O)nn8)CC7)C6)CC5)cc4)nc3n2-c2cccc1n2. The lowest BCUT2D eigenvalue weighted by Crippen LogP contribution is -2.52. The number of piperidine rings is 3. The van der Waals surface area contributed by atoms with Gasteiger partial charge in [0.1, 0.15) is 17.0 Å². The molecule has 3 amide bonds. The third-order valence-corrected chi connectivity index (χ3v) is 13.9. The van der Waals surface area contributed by atoms with Gasteiger partial charge in [0.25, 0.3) is 11.5 Å². The van der Waals surface area contributed by atoms with Gasteiger partial charge in [0.05, 0.1) is 12.2 Å². The van der Waals surface area contributed by atoms with Crippen molar-refractivity contribution < 1.29 is 19.5 Å². The van der Waals surface area contributed by atoms with E-state index in [0.29, 0.717) is 59.3 Å². The number of allylic oxidation sites excluding steroid dienone is 2. The molecule has 5 aliphatic rings. The number of carbonyl (C=O) groups excluding carboxylic acids is 3. The van der Waals surface area contributed by atoms with E-state index >= 15 is 0 Å². The van der Waals surface area contributed by atoms with Crippen molar-refractivity contribution in [3.8, 4) is 5.82 Å². The fourth-order valence-electron chi connectivity index (χ4n) is 10.1. The molecule has 0 saturated carbocycles. The van der Waals surface area contributed by atoms with E-state index in [0.717, 1.165) is 76.5 Å². The first-order chi connectivity index (χ1) is 31.0. The van der Waals surface area contributed by atoms with Crippen molar-refractivity contribution in [2.45, 2.75) is 88.9 Å². The van der Waals surface area contributed by atoms with E-state index in [1.54, 1.807) is 28.6 Å². The van der Waals surface area contributed by atoms with Crippen LogP contribution >= 0.6 is 0 Å². The van der Waals surface area contributed by atoms with Gasteiger partial charge in [-0.1, -0.05) is 18.2 Å². The maximum absolute atomic E-state index is 13.6. The minimum absolute atomic E-state index is 0.141. The first-order valence-electron chi connectivity index (χ1n) is 22.4. The summed E-state index contributed by atoms with van der Waals surface area (Å²) < 4.78 is 3.32. The lowest BCUT2D eigenvalue weighted by atomic mass is 9.77. The molecule has 2 atom stereocenters. The van der Waals surface area contributed by atoms with Crippen molar-refractivity contribution in [2.75, 3.05) is 54.4 Å². The van der Waals surface area contributed by atoms with Crippen LogP contribution in [0.3, 0.4) is 0 Å². The molecule has 4 aromatic heterocycles. The van der Waals surface area contributed by atoms with Crippen LogP contribution < -0.4 is 31.3 Å². The van der Waals surface area contributed by atoms with Crippen LogP contribution in [0.15, 0.2) is 77.7 Å². The maximum Gasteiger partial charge on any atom is 0.278 e. The van der Waals surface area contributed by atoms with Gasteiger partial charge in [-0.3, -0.25) is 29.4 Å². The summed E-state index contributed by atoms with van der Waals surface area (Å²) in [4.78, 5) is 71.4. The highest BCUT2D eigenvalue weighted by Gasteiger charge is 2.43. The van der Waals surface area contributed by atoms with E-state index in [9.17, 15) is 24.3 Å². The second-order valence-corrected chi connectivity index (χ2v) is 18.1. The van der Waals surface area contributed by atoms with Crippen LogP contribution in [-0.2, 0) is 21.7 Å². The van der Waals surface area contributed by atoms with Gasteiger partial charge < -0.3 is 25.5 Å². The topological polar surface area (TPSA) is 209 Å². The number of amides is 3. The standard InChI is InChI=1S/C46H53N13O5/c1-45(64)18-3-2-4-22-58-43(63)33-28-47-44(52-40(33)59(58)37-7-5-6-36(45)50-37)48-30-8-10-31(11-9-30)55-23-16-32(17-24-55)57-27-21-46(29-57)19-25-56(26-20-46)38-14-12-35(53-54-38)42(62)49-34-13-15-39(60)51-41(34)61/h2,4-12,14,28,32,34,64H,3,13,15-27,29H2,1H3,(H,49,62)(H,47,48,52)(H,51,60,61)/b4-2-/t34?,45-/m1/s1. The van der Waals surface area contributed by atoms with Crippen LogP contribution in [0.4, 0.5) is 23.1 Å². The van der Waals surface area contributed by atoms with Gasteiger partial charge in [0.15, 0.2) is 23.0 Å². The van der Waals surface area contributed by atoms with Gasteiger partial charge in [-0.25, -0.2) is 19.3 Å². The minimum Gasteiger partial charge on any atom is -0.384 e. The Balaban J connectivity index is 0.723. The van der Waals surface area contributed by atoms with Crippen molar-refractivity contribution in [2.24, 2.45) is 5.41 Å². The summed E-state index contributed by atoms with van der Waals surface area (Å²) in [6, 6.07) is 17.1. The fraction of sp³-hybridized carbons (Fsp3) is 0.457. The van der Waals surface area contributed by atoms with Crippen LogP contribution in [-0.4, -0.2) is 114 Å². The summed E-state index contributed by atoms with van der Waals surface area (Å²) in [5.41, 5.74) is 2.10. The van der Waals surface area contributed by atoms with E-state index in [1.807, 2.05) is 48.6 Å². The van der Waals surface area contributed by atoms with E-state index in [2.05, 4.69) is 58.0 Å². The number of imide groups is 1. The Kier molecular flexibility index (Phi) is 10.9. The molecule has 0 aliphatic carbocycles. The van der Waals surface area contributed by atoms with Crippen LogP contribution in [0.2, 0.25) is 0 Å². The number of aliphatic hydroxyl groups is 1. The number of hydrogen-bond donors (Lipinski definition) is 4. The Hall–Kier alpha value is -6.53. The minimum atomic E-state index is -1.12. The van der Waals surface area contributed by atoms with Crippen LogP contribution in [0.25, 0.3) is 16.9 Å². The Labute approximate surface area is 369 Å². The normalized spacial score (nSPS) is 23.4. The van der Waals surface area contributed by atoms with Crippen LogP contribution in [0.1, 0.15) is 80.9 Å². The van der Waals surface area contributed by atoms with Gasteiger partial charge in [0, 0.05) is 62.8 Å². The van der Waals surface area contributed by atoms with Crippen molar-refractivity contribution >= 4 is 51.9 Å². The summed E-state index contributed by atoms with van der Waals surface area (Å²) in [7, 11) is 0. The smallest absolute Gasteiger partial charge is 0.278 e. The molecule has 2 bridgehead atoms. The lowest BCUT2D eigenvalue weighted by molar-refractivity contribution is -0.134. The Morgan fingerprint density at radius 3 is 2.41 bits per heavy atom. The van der Waals surface area contributed by atoms with Gasteiger partial charge in [0.2, 0.25) is 17.8 Å². The maximum atomic E-state index is 13.6. The average Bonchev–Trinajstić information content (AvgIpc) is 3.84. The number of benzene rings is 1. The van der Waals surface area contributed by atoms with Crippen molar-refractivity contribution in [3.63, 3.8) is 0 Å². The van der Waals surface area contributed by atoms with E-state index in [1.165, 1.54) is 12.1 Å². The summed E-state index contributed by atoms with van der Waals surface area (Å²) in [5, 5.41) is 28.3. The average molecular weight is 868 g/mol. The highest BCUT2D eigenvalue weighted by atomic mass is 16.3. The number of carbonyl (C=O) groups is 3. The molecule has 5 aliphatic heterocycles. The highest BCUT2D eigenvalue weighted by Crippen LogP contribution is 2.43. The molecule has 4 N–H and O–H groups in total. The molecule has 18 heteroatoms. The fourth-order valence-corrected chi connectivity index (χ4v) is 10.1. The summed E-state index contributed by atoms with van der Waals surface area (Å²) >= 11 is 0. The molecule has 332 valence electrons. The zero-order chi connectivity index (χ0) is 44.0. The molecule has 4 saturated heterocycles. The number of hydrogen-bond acceptors (Lipinski definition) is 14. The third kappa shape index (κ3) is 8.22. The number of fused-ring (bicyclic) bond motifs is 6. The number of anilines is 4. The number of aromatic nitrogens is 7. The zero-order valence-electron chi connectivity index (χ0n) is 35.9. The van der Waals surface area contributed by atoms with Gasteiger partial charge >= 0.3 is 0 Å². The van der Waals surface area contributed by atoms with Crippen LogP contribution in [0, 0.1) is 5.41 Å². The molecular formula is C46H53N13O5. The van der Waals surface area contributed by atoms with Crippen LogP contribution in [0.5, 0.6) is 0 Å². The Morgan fingerprint density at radius 2 is 1.64 bits per heavy atom. The molecule has 1 spiro atoms. The van der Waals surface area contributed by atoms with E-state index in [4.69, 9.17) is 9.97 Å². The molecule has 5 aromatic rings. The summed E-state index contributed by atoms with van der Waals surface area (Å²) in [5.74, 6) is 0.302. The van der Waals surface area contributed by atoms with Crippen molar-refractivity contribution in [1.82, 2.24) is 50.0 Å². The summed E-state index contributed by atoms with van der Waals surface area (Å²) in [6.45, 7) is 8.09. The quantitative estimate of drug-likeness (QED) is 0.136. The van der Waals surface area contributed by atoms with Crippen molar-refractivity contribution in [1.29, 1.82) is 0 Å². The van der Waals surface area contributed by atoms with Gasteiger partial charge in [-0.15, -0.1) is 10.2 Å². The monoisotopic (exact) mass is 867 g/mol. The van der Waals surface area contributed by atoms with E-state index < -0.39 is 23.5 Å². The summed E-state index contributed by atoms with van der Waals surface area (Å²) in [6.07, 6.45) is 12.7. The van der Waals surface area contributed by atoms with Gasteiger partial charge in [-0.05, 0) is 119 Å². The molecular weight excluding hydrogens is 815 g/mol. The number of pyridine rings is 1. The molecule has 18 nitrogen and oxygen atoms in total. The van der Waals surface area contributed by atoms with Crippen molar-refractivity contribution in [3.05, 3.63) is 94.7 Å². The van der Waals surface area contributed by atoms with E-state index in [-0.39, 0.29) is 30.0 Å². The third-order valence-electron chi connectivity index (χ3n) is 13.9. The largest absolute Gasteiger partial charge is 0.384 e. The predicted octanol–water partition coefficient (Wildman–Crippen LogP) is 3.56. The number of rotatable bonds is 7. The number of likely N-dealkylation sites (tertiary alicyclic amines) is 1. The molecule has 64 heavy (non-hydrogen) atoms. The van der Waals surface area contributed by atoms with Gasteiger partial charge in [-0.2, -0.15) is 4.98 Å². The Morgan fingerprint density at radius 1 is 0.844 bits per heavy atom. The molecule has 1 unspecified atom stereocenters. The first kappa shape index (κ1) is 41.5.